The number of Topliss-reactive ketones (excluding diaryl/α,β-unsaturated/α-hetero) is 2. The van der Waals surface area contributed by atoms with E-state index in [0.717, 1.165) is 10.5 Å². The number of nitrogens with one attached hydrogen (secondary N) is 4. The lowest BCUT2D eigenvalue weighted by Gasteiger charge is -2.40. The number of carbonyl (C=O) groups is 12. The van der Waals surface area contributed by atoms with Gasteiger partial charge in [0.1, 0.15) is 21.6 Å². The Hall–Kier alpha value is -7.10. The molecule has 0 saturated carbocycles. The number of anilines is 1. The Balaban J connectivity index is 1.37. The van der Waals surface area contributed by atoms with Crippen molar-refractivity contribution < 1.29 is 76.9 Å². The average Bonchev–Trinajstić information content (AvgIpc) is 1.33. The monoisotopic (exact) mass is 1460 g/mol. The lowest BCUT2D eigenvalue weighted by Crippen LogP contribution is -2.54. The minimum Gasteiger partial charge on any atom is -0.480 e. The van der Waals surface area contributed by atoms with E-state index in [1.165, 1.54) is 31.1 Å². The highest BCUT2D eigenvalue weighted by Crippen LogP contribution is 2.33. The van der Waals surface area contributed by atoms with Gasteiger partial charge in [-0.1, -0.05) is 111 Å². The molecule has 1 fully saturated rings. The van der Waals surface area contributed by atoms with Crippen LogP contribution >= 0.6 is 31.9 Å². The lowest BCUT2D eigenvalue weighted by molar-refractivity contribution is -0.149. The average molecular weight is 1460 g/mol. The van der Waals surface area contributed by atoms with E-state index in [4.69, 9.17) is 19.9 Å². The third-order valence-electron chi connectivity index (χ3n) is 17.9. The predicted octanol–water partition coefficient (Wildman–Crippen LogP) is 7.64. The maximum Gasteiger partial charge on any atom is 0.410 e. The van der Waals surface area contributed by atoms with Crippen LogP contribution in [0.4, 0.5) is 15.3 Å². The molecule has 2 aliphatic rings. The zero-order chi connectivity index (χ0) is 71.0. The molecule has 10 amide bonds. The number of hydrogen-bond donors (Lipinski definition) is 6. The SMILES string of the molecule is CC[C@H](C)[C@@H]([C@@H](CC(=O)N1CCC[C@H]1[C@H](OC)[C@@H](C)C(=O)N[C@@H](Cc1ccccc1)C(=O)O)OC)N(C)C(=O)[C@H](CCCNC(N)=O)CC(=O)[C@H](C(C)C)N(C)C(=O)OCc1ccc(NC(=O)[C@H](C)CC(=O)[C@@H](NC(=O)CCCCCN2C(=O)C(Br)=C(Br)C2=O)C(C)C)cc1. The van der Waals surface area contributed by atoms with E-state index >= 15 is 4.79 Å². The number of hydrogen-bond acceptors (Lipinski definition) is 15. The number of carboxylic acid groups (broad SMARTS) is 1. The molecular weight excluding hydrogens is 1360 g/mol. The van der Waals surface area contributed by atoms with Gasteiger partial charge < -0.3 is 61.0 Å². The van der Waals surface area contributed by atoms with Gasteiger partial charge in [-0.25, -0.2) is 14.4 Å². The van der Waals surface area contributed by atoms with Crippen molar-refractivity contribution >= 4 is 109 Å². The molecule has 0 radical (unpaired) electrons. The fraction of sp³-hybridized carbons (Fsp3) is 0.618. The number of primary amides is 1. The summed E-state index contributed by atoms with van der Waals surface area (Å²) in [6.07, 6.45) is 0.778. The van der Waals surface area contributed by atoms with E-state index in [0.29, 0.717) is 56.3 Å². The summed E-state index contributed by atoms with van der Waals surface area (Å²) in [6.45, 7) is 14.7. The van der Waals surface area contributed by atoms with Crippen molar-refractivity contribution in [3.63, 3.8) is 0 Å². The maximum absolute atomic E-state index is 15.0. The van der Waals surface area contributed by atoms with Crippen molar-refractivity contribution in [3.8, 4) is 0 Å². The zero-order valence-corrected chi connectivity index (χ0v) is 60.1. The number of imide groups is 1. The van der Waals surface area contributed by atoms with Crippen molar-refractivity contribution in [2.75, 3.05) is 53.3 Å². The van der Waals surface area contributed by atoms with Gasteiger partial charge in [0.05, 0.1) is 48.7 Å². The number of methoxy groups -OCH3 is 2. The molecule has 95 heavy (non-hydrogen) atoms. The Bertz CT molecular complexity index is 3000. The highest BCUT2D eigenvalue weighted by atomic mass is 79.9. The molecule has 27 heteroatoms. The molecule has 0 bridgehead atoms. The van der Waals surface area contributed by atoms with Gasteiger partial charge in [0, 0.05) is 91.2 Å². The number of nitrogens with zero attached hydrogens (tertiary/aromatic N) is 4. The summed E-state index contributed by atoms with van der Waals surface area (Å²) in [4.78, 5) is 165. The first kappa shape index (κ1) is 80.3. The van der Waals surface area contributed by atoms with Gasteiger partial charge in [-0.3, -0.25) is 48.1 Å². The molecule has 0 aromatic heterocycles. The van der Waals surface area contributed by atoms with Crippen LogP contribution in [0, 0.1) is 35.5 Å². The third kappa shape index (κ3) is 23.6. The largest absolute Gasteiger partial charge is 0.480 e. The first-order chi connectivity index (χ1) is 44.9. The highest BCUT2D eigenvalue weighted by molar-refractivity contribution is 9.14. The predicted molar refractivity (Wildman–Crippen MR) is 363 cm³/mol. The second kappa shape index (κ2) is 39.2. The van der Waals surface area contributed by atoms with Gasteiger partial charge in [-0.05, 0) is 111 Å². The summed E-state index contributed by atoms with van der Waals surface area (Å²) in [5.41, 5.74) is 7.07. The normalized spacial score (nSPS) is 17.2. The van der Waals surface area contributed by atoms with Crippen LogP contribution in [0.3, 0.4) is 0 Å². The van der Waals surface area contributed by atoms with E-state index in [-0.39, 0.29) is 103 Å². The van der Waals surface area contributed by atoms with E-state index in [1.807, 2.05) is 19.9 Å². The zero-order valence-electron chi connectivity index (χ0n) is 56.9. The fourth-order valence-electron chi connectivity index (χ4n) is 12.4. The summed E-state index contributed by atoms with van der Waals surface area (Å²) in [7, 11) is 5.96. The standard InChI is InChI=1S/C68H99Br2N9O16/c1-13-41(6)59(52(93-11)37-54(83)78-33-21-25-49(78)60(94-12)43(8)62(85)74-48(66(89)90)35-44-22-16-14-17-23-44)76(9)63(86)46(24-20-31-72-67(71)91)36-51(81)58(40(4)5)77(10)68(92)95-38-45-27-29-47(30-28-45)73-61(84)42(7)34-50(80)57(39(2)3)75-53(82)26-18-15-19-32-79-64(87)55(69)56(70)65(79)88/h14,16-17,22-23,27-30,39-43,46,48-49,52,57-60H,13,15,18-21,24-26,31-38H2,1-12H3,(H,73,84)(H,74,85)(H,75,82)(H,89,90)(H3,71,72,91)/t41-,42+,43+,46+,48-,49-,52+,57-,58-,59-,60+/m0/s1. The van der Waals surface area contributed by atoms with E-state index in [2.05, 4.69) is 53.1 Å². The van der Waals surface area contributed by atoms with Gasteiger partial charge in [-0.2, -0.15) is 0 Å². The Morgan fingerprint density at radius 1 is 0.747 bits per heavy atom. The highest BCUT2D eigenvalue weighted by Gasteiger charge is 2.44. The van der Waals surface area contributed by atoms with Crippen molar-refractivity contribution in [3.05, 3.63) is 74.7 Å². The molecule has 2 aromatic rings. The molecule has 2 aliphatic heterocycles. The topological polar surface area (TPSA) is 340 Å². The molecule has 25 nitrogen and oxygen atoms in total. The Morgan fingerprint density at radius 3 is 1.96 bits per heavy atom. The number of ketones is 2. The Morgan fingerprint density at radius 2 is 1.39 bits per heavy atom. The third-order valence-corrected chi connectivity index (χ3v) is 19.9. The summed E-state index contributed by atoms with van der Waals surface area (Å²) in [5.74, 6) is -8.29. The molecule has 11 atom stereocenters. The van der Waals surface area contributed by atoms with Crippen LogP contribution in [-0.4, -0.2) is 186 Å². The van der Waals surface area contributed by atoms with Gasteiger partial charge in [0.2, 0.25) is 29.5 Å². The Labute approximate surface area is 575 Å². The van der Waals surface area contributed by atoms with E-state index in [9.17, 15) is 57.8 Å². The number of amides is 10. The summed E-state index contributed by atoms with van der Waals surface area (Å²) in [5, 5.41) is 20.8. The molecule has 4 rings (SSSR count). The number of urea groups is 1. The molecule has 0 spiro atoms. The van der Waals surface area contributed by atoms with Crippen LogP contribution in [0.2, 0.25) is 0 Å². The number of carbonyl (C=O) groups excluding carboxylic acids is 11. The molecule has 2 aromatic carbocycles. The van der Waals surface area contributed by atoms with Gasteiger partial charge in [0.15, 0.2) is 11.6 Å². The second-order valence-electron chi connectivity index (χ2n) is 25.6. The first-order valence-electron chi connectivity index (χ1n) is 32.7. The number of likely N-dealkylation sites (tertiary alicyclic amines) is 1. The number of halogens is 2. The van der Waals surface area contributed by atoms with Crippen molar-refractivity contribution in [2.45, 2.75) is 188 Å². The quantitative estimate of drug-likeness (QED) is 0.0276. The fourth-order valence-corrected chi connectivity index (χ4v) is 13.1. The number of carboxylic acids is 1. The van der Waals surface area contributed by atoms with Crippen molar-refractivity contribution in [1.82, 2.24) is 35.6 Å². The van der Waals surface area contributed by atoms with Crippen LogP contribution in [0.1, 0.15) is 144 Å². The minimum atomic E-state index is -1.20. The molecular formula is C68H99Br2N9O16. The van der Waals surface area contributed by atoms with Gasteiger partial charge in [-0.15, -0.1) is 0 Å². The van der Waals surface area contributed by atoms with Crippen LogP contribution < -0.4 is 27.0 Å². The van der Waals surface area contributed by atoms with Gasteiger partial charge >= 0.3 is 18.1 Å². The summed E-state index contributed by atoms with van der Waals surface area (Å²) in [6, 6.07) is 10.4. The number of aliphatic carboxylic acids is 1. The van der Waals surface area contributed by atoms with E-state index < -0.39 is 120 Å². The van der Waals surface area contributed by atoms with Crippen molar-refractivity contribution in [2.24, 2.45) is 41.2 Å². The van der Waals surface area contributed by atoms with Crippen molar-refractivity contribution in [1.29, 1.82) is 0 Å². The first-order valence-corrected chi connectivity index (χ1v) is 34.2. The van der Waals surface area contributed by atoms with Crippen LogP contribution in [-0.2, 0) is 75.2 Å². The van der Waals surface area contributed by atoms with Crippen LogP contribution in [0.15, 0.2) is 63.6 Å². The number of benzene rings is 2. The number of nitrogens with two attached hydrogens (primary N) is 1. The summed E-state index contributed by atoms with van der Waals surface area (Å²) < 4.78 is 18.0. The maximum atomic E-state index is 15.0. The van der Waals surface area contributed by atoms with Gasteiger partial charge in [0.25, 0.3) is 11.8 Å². The van der Waals surface area contributed by atoms with Crippen LogP contribution in [0.5, 0.6) is 0 Å². The van der Waals surface area contributed by atoms with E-state index in [1.54, 1.807) is 102 Å². The molecule has 0 aliphatic carbocycles. The molecule has 7 N–H and O–H groups in total. The smallest absolute Gasteiger partial charge is 0.410 e. The number of rotatable bonds is 40. The number of ether oxygens (including phenoxy) is 3. The molecule has 0 unspecified atom stereocenters. The minimum absolute atomic E-state index is 0.0677. The molecule has 526 valence electrons. The molecule has 2 heterocycles. The summed E-state index contributed by atoms with van der Waals surface area (Å²) >= 11 is 6.21. The number of unbranched alkanes of at least 4 members (excludes halogenated alkanes) is 2. The second-order valence-corrected chi connectivity index (χ2v) is 27.2. The van der Waals surface area contributed by atoms with Crippen LogP contribution in [0.25, 0.3) is 0 Å². The lowest BCUT2D eigenvalue weighted by atomic mass is 9.86. The molecule has 1 saturated heterocycles. The Kier molecular flexibility index (Phi) is 33.1. The number of likely N-dealkylation sites (N-methyl/N-ethyl adjacent to an activating group) is 2.